The minimum Gasteiger partial charge on any atom is -0.480 e. The summed E-state index contributed by atoms with van der Waals surface area (Å²) in [5, 5.41) is 10.2. The fourth-order valence-electron chi connectivity index (χ4n) is 5.16. The number of hydrogen-bond donors (Lipinski definition) is 1. The lowest BCUT2D eigenvalue weighted by Gasteiger charge is -2.42. The van der Waals surface area contributed by atoms with Gasteiger partial charge in [0.25, 0.3) is 0 Å². The monoisotopic (exact) mass is 536 g/mol. The largest absolute Gasteiger partial charge is 0.480 e. The normalized spacial score (nSPS) is 15.2. The lowest BCUT2D eigenvalue weighted by molar-refractivity contribution is -0.143. The molecule has 0 bridgehead atoms. The molecule has 1 aliphatic heterocycles. The Morgan fingerprint density at radius 3 is 1.95 bits per heavy atom. The number of rotatable bonds is 11. The first kappa shape index (κ1) is 30.0. The van der Waals surface area contributed by atoms with Crippen molar-refractivity contribution < 1.29 is 19.5 Å². The molecule has 0 spiro atoms. The number of para-hydroxylation sites is 1. The van der Waals surface area contributed by atoms with Crippen molar-refractivity contribution in [3.63, 3.8) is 0 Å². The van der Waals surface area contributed by atoms with Gasteiger partial charge in [0.2, 0.25) is 0 Å². The average molecular weight is 537 g/mol. The van der Waals surface area contributed by atoms with E-state index in [9.17, 15) is 19.5 Å². The standard InChI is InChI=1S/C31H44N4O4/c1-5-7-12-16-32(17-13-8-6-2)30(38)33-18-19-34(28(23-33)29(36)37)31(39)35(26-14-10-9-11-15-26)27-21-24(3)20-25(4)22-27/h9-11,14-15,20-22,28H,5-8,12-13,16-19,23H2,1-4H3,(H,36,37)/t28-/m0/s1. The van der Waals surface area contributed by atoms with Gasteiger partial charge in [-0.25, -0.2) is 14.4 Å². The Morgan fingerprint density at radius 2 is 1.41 bits per heavy atom. The van der Waals surface area contributed by atoms with Gasteiger partial charge in [-0.2, -0.15) is 0 Å². The summed E-state index contributed by atoms with van der Waals surface area (Å²) in [6.45, 7) is 9.95. The average Bonchev–Trinajstić information content (AvgIpc) is 2.92. The van der Waals surface area contributed by atoms with Crippen molar-refractivity contribution in [1.29, 1.82) is 0 Å². The van der Waals surface area contributed by atoms with Gasteiger partial charge >= 0.3 is 18.0 Å². The molecule has 1 fully saturated rings. The fourth-order valence-corrected chi connectivity index (χ4v) is 5.16. The Hall–Kier alpha value is -3.55. The molecule has 212 valence electrons. The zero-order chi connectivity index (χ0) is 28.4. The minimum atomic E-state index is -1.14. The van der Waals surface area contributed by atoms with E-state index >= 15 is 0 Å². The quantitative estimate of drug-likeness (QED) is 0.335. The summed E-state index contributed by atoms with van der Waals surface area (Å²) in [6.07, 6.45) is 6.08. The van der Waals surface area contributed by atoms with Gasteiger partial charge in [-0.1, -0.05) is 63.8 Å². The number of carbonyl (C=O) groups is 3. The third kappa shape index (κ3) is 7.97. The number of anilines is 2. The molecule has 2 aromatic rings. The maximum atomic E-state index is 14.1. The highest BCUT2D eigenvalue weighted by molar-refractivity contribution is 6.01. The van der Waals surface area contributed by atoms with Gasteiger partial charge in [0, 0.05) is 26.2 Å². The molecule has 0 radical (unpaired) electrons. The van der Waals surface area contributed by atoms with Crippen LogP contribution in [0.5, 0.6) is 0 Å². The summed E-state index contributed by atoms with van der Waals surface area (Å²) in [7, 11) is 0. The van der Waals surface area contributed by atoms with Gasteiger partial charge in [0.15, 0.2) is 0 Å². The Kier molecular flexibility index (Phi) is 11.2. The molecule has 1 heterocycles. The lowest BCUT2D eigenvalue weighted by atomic mass is 10.1. The molecule has 1 saturated heterocycles. The molecule has 1 aliphatic rings. The molecule has 0 aliphatic carbocycles. The SMILES string of the molecule is CCCCCN(CCCCC)C(=O)N1CCN(C(=O)N(c2ccccc2)c2cc(C)cc(C)c2)[C@H](C(=O)O)C1. The number of aryl methyl sites for hydroxylation is 2. The summed E-state index contributed by atoms with van der Waals surface area (Å²) in [5.74, 6) is -1.11. The van der Waals surface area contributed by atoms with Crippen molar-refractivity contribution in [2.24, 2.45) is 0 Å². The Morgan fingerprint density at radius 1 is 0.821 bits per heavy atom. The van der Waals surface area contributed by atoms with Crippen molar-refractivity contribution in [2.45, 2.75) is 72.3 Å². The number of carboxylic acids is 1. The first-order chi connectivity index (χ1) is 18.8. The van der Waals surface area contributed by atoms with Crippen LogP contribution in [0.25, 0.3) is 0 Å². The highest BCUT2D eigenvalue weighted by atomic mass is 16.4. The van der Waals surface area contributed by atoms with E-state index in [2.05, 4.69) is 13.8 Å². The Labute approximate surface area is 233 Å². The van der Waals surface area contributed by atoms with Gasteiger partial charge < -0.3 is 19.8 Å². The van der Waals surface area contributed by atoms with Gasteiger partial charge in [-0.3, -0.25) is 4.90 Å². The molecular formula is C31H44N4O4. The van der Waals surface area contributed by atoms with E-state index < -0.39 is 18.0 Å². The summed E-state index contributed by atoms with van der Waals surface area (Å²) >= 11 is 0. The molecule has 8 nitrogen and oxygen atoms in total. The summed E-state index contributed by atoms with van der Waals surface area (Å²) in [5.41, 5.74) is 3.36. The van der Waals surface area contributed by atoms with E-state index in [0.717, 1.165) is 49.7 Å². The second-order valence-electron chi connectivity index (χ2n) is 10.5. The number of aliphatic carboxylic acids is 1. The van der Waals surface area contributed by atoms with Crippen LogP contribution in [-0.2, 0) is 4.79 Å². The molecule has 1 N–H and O–H groups in total. The van der Waals surface area contributed by atoms with E-state index in [0.29, 0.717) is 31.0 Å². The van der Waals surface area contributed by atoms with Crippen molar-refractivity contribution in [1.82, 2.24) is 14.7 Å². The van der Waals surface area contributed by atoms with Crippen LogP contribution in [0.3, 0.4) is 0 Å². The number of hydrogen-bond acceptors (Lipinski definition) is 3. The van der Waals surface area contributed by atoms with Crippen LogP contribution in [-0.4, -0.2) is 76.6 Å². The van der Waals surface area contributed by atoms with E-state index in [-0.39, 0.29) is 19.1 Å². The van der Waals surface area contributed by atoms with E-state index in [1.165, 1.54) is 4.90 Å². The van der Waals surface area contributed by atoms with Crippen molar-refractivity contribution >= 4 is 29.4 Å². The number of nitrogens with zero attached hydrogens (tertiary/aromatic N) is 4. The first-order valence-electron chi connectivity index (χ1n) is 14.3. The van der Waals surface area contributed by atoms with E-state index in [1.807, 2.05) is 67.3 Å². The van der Waals surface area contributed by atoms with E-state index in [1.54, 1.807) is 9.80 Å². The molecule has 4 amide bonds. The minimum absolute atomic E-state index is 0.0343. The second-order valence-corrected chi connectivity index (χ2v) is 10.5. The van der Waals surface area contributed by atoms with Gasteiger partial charge in [-0.05, 0) is 62.1 Å². The van der Waals surface area contributed by atoms with Gasteiger partial charge in [0.05, 0.1) is 17.9 Å². The molecular weight excluding hydrogens is 492 g/mol. The number of unbranched alkanes of at least 4 members (excludes halogenated alkanes) is 4. The summed E-state index contributed by atoms with van der Waals surface area (Å²) in [6, 6.07) is 13.5. The molecule has 39 heavy (non-hydrogen) atoms. The number of urea groups is 2. The van der Waals surface area contributed by atoms with Crippen LogP contribution in [0, 0.1) is 13.8 Å². The van der Waals surface area contributed by atoms with Crippen LogP contribution in [0.1, 0.15) is 63.5 Å². The number of amides is 4. The highest BCUT2D eigenvalue weighted by Crippen LogP contribution is 2.30. The summed E-state index contributed by atoms with van der Waals surface area (Å²) in [4.78, 5) is 46.5. The van der Waals surface area contributed by atoms with Crippen LogP contribution in [0.4, 0.5) is 21.0 Å². The van der Waals surface area contributed by atoms with Gasteiger partial charge in [-0.15, -0.1) is 0 Å². The number of carbonyl (C=O) groups excluding carboxylic acids is 2. The maximum Gasteiger partial charge on any atom is 0.329 e. The molecule has 0 saturated carbocycles. The third-order valence-electron chi connectivity index (χ3n) is 7.19. The zero-order valence-corrected chi connectivity index (χ0v) is 23.9. The smallest absolute Gasteiger partial charge is 0.329 e. The lowest BCUT2D eigenvalue weighted by Crippen LogP contribution is -2.62. The van der Waals surface area contributed by atoms with E-state index in [4.69, 9.17) is 0 Å². The third-order valence-corrected chi connectivity index (χ3v) is 7.19. The molecule has 8 heteroatoms. The number of piperazine rings is 1. The molecule has 3 rings (SSSR count). The second kappa shape index (κ2) is 14.6. The number of carboxylic acid groups (broad SMARTS) is 1. The van der Waals surface area contributed by atoms with Crippen molar-refractivity contribution in [3.8, 4) is 0 Å². The van der Waals surface area contributed by atoms with Crippen LogP contribution >= 0.6 is 0 Å². The predicted octanol–water partition coefficient (Wildman–Crippen LogP) is 6.43. The topological polar surface area (TPSA) is 84.4 Å². The highest BCUT2D eigenvalue weighted by Gasteiger charge is 2.40. The molecule has 1 atom stereocenters. The van der Waals surface area contributed by atoms with Crippen molar-refractivity contribution in [2.75, 3.05) is 37.6 Å². The molecule has 0 aromatic heterocycles. The van der Waals surface area contributed by atoms with Gasteiger partial charge in [0.1, 0.15) is 6.04 Å². The fraction of sp³-hybridized carbons (Fsp3) is 0.516. The van der Waals surface area contributed by atoms with Crippen molar-refractivity contribution in [3.05, 3.63) is 59.7 Å². The Balaban J connectivity index is 1.85. The predicted molar refractivity (Wildman–Crippen MR) is 156 cm³/mol. The van der Waals surface area contributed by atoms with Crippen LogP contribution in [0.2, 0.25) is 0 Å². The maximum absolute atomic E-state index is 14.1. The Bertz CT molecular complexity index is 1080. The molecule has 0 unspecified atom stereocenters. The summed E-state index contributed by atoms with van der Waals surface area (Å²) < 4.78 is 0. The zero-order valence-electron chi connectivity index (χ0n) is 23.9. The van der Waals surface area contributed by atoms with Crippen LogP contribution in [0.15, 0.2) is 48.5 Å². The van der Waals surface area contributed by atoms with Crippen LogP contribution < -0.4 is 4.90 Å². The first-order valence-corrected chi connectivity index (χ1v) is 14.3. The number of benzene rings is 2. The molecule has 2 aromatic carbocycles.